The number of hydrogen-bond donors (Lipinski definition) is 2. The van der Waals surface area contributed by atoms with Crippen molar-refractivity contribution in [3.8, 4) is 0 Å². The molecule has 8 atom stereocenters. The van der Waals surface area contributed by atoms with Gasteiger partial charge in [0.15, 0.2) is 0 Å². The Kier molecular flexibility index (Phi) is 3.65. The first-order valence-corrected chi connectivity index (χ1v) is 9.94. The van der Waals surface area contributed by atoms with E-state index in [1.54, 1.807) is 0 Å². The van der Waals surface area contributed by atoms with Crippen LogP contribution in [0, 0.1) is 40.4 Å². The van der Waals surface area contributed by atoms with Crippen LogP contribution in [0.4, 0.5) is 0 Å². The largest absolute Gasteiger partial charge is 0.513 e. The molecule has 4 aliphatic carbocycles. The summed E-state index contributed by atoms with van der Waals surface area (Å²) in [6.07, 6.45) is 11.1. The fourth-order valence-corrected chi connectivity index (χ4v) is 7.97. The lowest BCUT2D eigenvalue weighted by Crippen LogP contribution is -2.58. The Hall–Kier alpha value is -0.500. The van der Waals surface area contributed by atoms with Crippen LogP contribution in [-0.2, 0) is 0 Å². The summed E-state index contributed by atoms with van der Waals surface area (Å²) < 4.78 is 0. The predicted molar refractivity (Wildman–Crippen MR) is 93.0 cm³/mol. The Balaban J connectivity index is 1.69. The van der Waals surface area contributed by atoms with E-state index in [1.165, 1.54) is 44.9 Å². The molecule has 0 aromatic carbocycles. The van der Waals surface area contributed by atoms with Crippen LogP contribution in [0.15, 0.2) is 12.3 Å². The average molecular weight is 319 g/mol. The lowest BCUT2D eigenvalue weighted by molar-refractivity contribution is -0.168. The summed E-state index contributed by atoms with van der Waals surface area (Å²) in [7, 11) is 0. The highest BCUT2D eigenvalue weighted by atomic mass is 16.3. The number of allylic oxidation sites excluding steroid dienone is 1. The Bertz CT molecular complexity index is 500. The van der Waals surface area contributed by atoms with Crippen LogP contribution in [0.25, 0.3) is 0 Å². The molecule has 0 heterocycles. The van der Waals surface area contributed by atoms with Gasteiger partial charge in [-0.2, -0.15) is 0 Å². The van der Waals surface area contributed by atoms with Crippen molar-refractivity contribution in [1.82, 2.24) is 0 Å². The highest BCUT2D eigenvalue weighted by Crippen LogP contribution is 2.67. The molecule has 0 aromatic rings. The van der Waals surface area contributed by atoms with E-state index in [4.69, 9.17) is 0 Å². The number of fused-ring (bicyclic) bond motifs is 5. The first kappa shape index (κ1) is 16.0. The van der Waals surface area contributed by atoms with E-state index in [1.807, 2.05) is 0 Å². The number of hydrogen-bond acceptors (Lipinski definition) is 2. The van der Waals surface area contributed by atoms with Crippen LogP contribution in [-0.4, -0.2) is 16.3 Å². The summed E-state index contributed by atoms with van der Waals surface area (Å²) in [6.45, 7) is 8.68. The molecule has 2 nitrogen and oxygen atoms in total. The van der Waals surface area contributed by atoms with Crippen molar-refractivity contribution in [1.29, 1.82) is 0 Å². The van der Waals surface area contributed by atoms with E-state index in [0.29, 0.717) is 28.9 Å². The first-order chi connectivity index (χ1) is 10.9. The predicted octanol–water partition coefficient (Wildman–Crippen LogP) is 5.08. The third-order valence-electron chi connectivity index (χ3n) is 8.91. The molecule has 23 heavy (non-hydrogen) atoms. The maximum atomic E-state index is 11.2. The first-order valence-electron chi connectivity index (χ1n) is 9.94. The molecule has 0 spiro atoms. The molecular weight excluding hydrogens is 284 g/mol. The maximum Gasteiger partial charge on any atom is 0.0887 e. The highest BCUT2D eigenvalue weighted by molar-refractivity contribution is 5.15. The summed E-state index contributed by atoms with van der Waals surface area (Å²) in [5, 5.41) is 21.3. The Labute approximate surface area is 141 Å². The molecule has 0 bridgehead atoms. The van der Waals surface area contributed by atoms with E-state index in [2.05, 4.69) is 20.4 Å². The summed E-state index contributed by atoms with van der Waals surface area (Å²) in [6, 6.07) is 0. The third-order valence-corrected chi connectivity index (χ3v) is 8.91. The van der Waals surface area contributed by atoms with Gasteiger partial charge < -0.3 is 10.2 Å². The molecule has 4 aliphatic rings. The van der Waals surface area contributed by atoms with Gasteiger partial charge in [0, 0.05) is 5.92 Å². The molecule has 4 rings (SSSR count). The summed E-state index contributed by atoms with van der Waals surface area (Å²) in [4.78, 5) is 0. The SMILES string of the molecule is C=C(O)[C@H]1CC[C@H]2[C@@H]3CCC4CCCC[C@]4(C)[C@H]3[C@@H](O)C[C@]12C. The zero-order valence-corrected chi connectivity index (χ0v) is 14.9. The fraction of sp³-hybridized carbons (Fsp3) is 0.905. The van der Waals surface area contributed by atoms with Gasteiger partial charge in [-0.15, -0.1) is 0 Å². The Morgan fingerprint density at radius 1 is 1.00 bits per heavy atom. The minimum absolute atomic E-state index is 0.0598. The van der Waals surface area contributed by atoms with Crippen LogP contribution >= 0.6 is 0 Å². The van der Waals surface area contributed by atoms with Crippen molar-refractivity contribution >= 4 is 0 Å². The lowest BCUT2D eigenvalue weighted by atomic mass is 9.44. The smallest absolute Gasteiger partial charge is 0.0887 e. The van der Waals surface area contributed by atoms with E-state index in [-0.39, 0.29) is 17.4 Å². The molecule has 2 heteroatoms. The van der Waals surface area contributed by atoms with Crippen molar-refractivity contribution in [3.05, 3.63) is 12.3 Å². The molecule has 0 amide bonds. The number of rotatable bonds is 1. The maximum absolute atomic E-state index is 11.2. The van der Waals surface area contributed by atoms with E-state index in [0.717, 1.165) is 18.8 Å². The topological polar surface area (TPSA) is 40.5 Å². The van der Waals surface area contributed by atoms with Crippen LogP contribution in [0.3, 0.4) is 0 Å². The van der Waals surface area contributed by atoms with Crippen molar-refractivity contribution in [3.63, 3.8) is 0 Å². The van der Waals surface area contributed by atoms with Gasteiger partial charge in [0.1, 0.15) is 0 Å². The summed E-state index contributed by atoms with van der Waals surface area (Å²) >= 11 is 0. The Morgan fingerprint density at radius 3 is 2.52 bits per heavy atom. The Morgan fingerprint density at radius 2 is 1.78 bits per heavy atom. The van der Waals surface area contributed by atoms with Crippen LogP contribution in [0.2, 0.25) is 0 Å². The van der Waals surface area contributed by atoms with Gasteiger partial charge in [0.2, 0.25) is 0 Å². The quantitative estimate of drug-likeness (QED) is 0.662. The van der Waals surface area contributed by atoms with Crippen LogP contribution in [0.5, 0.6) is 0 Å². The summed E-state index contributed by atoms with van der Waals surface area (Å²) in [5.41, 5.74) is 0.417. The minimum Gasteiger partial charge on any atom is -0.513 e. The molecule has 4 saturated carbocycles. The molecule has 2 N–H and O–H groups in total. The van der Waals surface area contributed by atoms with Gasteiger partial charge in [-0.3, -0.25) is 0 Å². The second kappa shape index (κ2) is 5.25. The highest BCUT2D eigenvalue weighted by Gasteiger charge is 2.62. The van der Waals surface area contributed by atoms with Crippen molar-refractivity contribution < 1.29 is 10.2 Å². The molecule has 1 unspecified atom stereocenters. The van der Waals surface area contributed by atoms with Crippen molar-refractivity contribution in [2.45, 2.75) is 77.7 Å². The van der Waals surface area contributed by atoms with Crippen molar-refractivity contribution in [2.75, 3.05) is 0 Å². The molecule has 130 valence electrons. The van der Waals surface area contributed by atoms with Gasteiger partial charge >= 0.3 is 0 Å². The minimum atomic E-state index is -0.188. The lowest BCUT2D eigenvalue weighted by Gasteiger charge is -2.62. The number of aliphatic hydroxyl groups excluding tert-OH is 2. The zero-order valence-electron chi connectivity index (χ0n) is 14.9. The van der Waals surface area contributed by atoms with Crippen LogP contribution < -0.4 is 0 Å². The van der Waals surface area contributed by atoms with E-state index >= 15 is 0 Å². The molecule has 0 aromatic heterocycles. The van der Waals surface area contributed by atoms with E-state index < -0.39 is 0 Å². The monoisotopic (exact) mass is 318 g/mol. The second-order valence-electron chi connectivity index (χ2n) is 9.72. The van der Waals surface area contributed by atoms with Gasteiger partial charge in [0.25, 0.3) is 0 Å². The standard InChI is InChI=1S/C21H34O2/c1-13(22)16-9-10-17-15-8-7-14-6-4-5-11-20(14,2)19(15)18(23)12-21(16,17)3/h14-19,22-23H,1,4-12H2,2-3H3/t14?,15-,16+,17-,18-,19+,20-,21+/m0/s1. The zero-order chi connectivity index (χ0) is 16.4. The van der Waals surface area contributed by atoms with E-state index in [9.17, 15) is 10.2 Å². The van der Waals surface area contributed by atoms with Crippen LogP contribution in [0.1, 0.15) is 71.6 Å². The molecule has 4 fully saturated rings. The molecule has 0 radical (unpaired) electrons. The number of aliphatic hydroxyl groups is 2. The summed E-state index contributed by atoms with van der Waals surface area (Å²) in [5.74, 6) is 3.21. The third kappa shape index (κ3) is 2.09. The van der Waals surface area contributed by atoms with Gasteiger partial charge in [-0.05, 0) is 79.4 Å². The van der Waals surface area contributed by atoms with Crippen molar-refractivity contribution in [2.24, 2.45) is 40.4 Å². The molecule has 0 saturated heterocycles. The normalized spacial score (nSPS) is 55.6. The fourth-order valence-electron chi connectivity index (χ4n) is 7.97. The molecular formula is C21H34O2. The van der Waals surface area contributed by atoms with Gasteiger partial charge in [-0.25, -0.2) is 0 Å². The molecule has 0 aliphatic heterocycles. The van der Waals surface area contributed by atoms with Gasteiger partial charge in [0.05, 0.1) is 11.9 Å². The second-order valence-corrected chi connectivity index (χ2v) is 9.72. The van der Waals surface area contributed by atoms with Gasteiger partial charge in [-0.1, -0.05) is 33.3 Å². The average Bonchev–Trinajstić information content (AvgIpc) is 2.82.